The summed E-state index contributed by atoms with van der Waals surface area (Å²) in [6, 6.07) is 2.42. The fourth-order valence-corrected chi connectivity index (χ4v) is 6.11. The van der Waals surface area contributed by atoms with Gasteiger partial charge in [0.1, 0.15) is 22.9 Å². The molecule has 2 aromatic rings. The minimum atomic E-state index is -3.22. The maximum absolute atomic E-state index is 13.9. The number of aromatic hydroxyl groups is 1. The molecule has 1 aliphatic rings. The van der Waals surface area contributed by atoms with Crippen molar-refractivity contribution in [2.24, 2.45) is 5.41 Å². The van der Waals surface area contributed by atoms with Crippen LogP contribution in [0.3, 0.4) is 0 Å². The van der Waals surface area contributed by atoms with Gasteiger partial charge in [0.15, 0.2) is 11.5 Å². The molecule has 1 unspecified atom stereocenters. The highest BCUT2D eigenvalue weighted by Crippen LogP contribution is 2.48. The SMILES string of the molecule is CCOP(=O)(CCCNC1Cn2cc(C(=O)NCc3ccc(F)cc3F)c(=O)c(O)c2C(=O)C1(C)C)OCC. The number of pyridine rings is 1. The van der Waals surface area contributed by atoms with Crippen molar-refractivity contribution in [1.29, 1.82) is 0 Å². The van der Waals surface area contributed by atoms with Crippen molar-refractivity contribution in [2.75, 3.05) is 25.9 Å². The number of fused-ring (bicyclic) bond motifs is 1. The summed E-state index contributed by atoms with van der Waals surface area (Å²) < 4.78 is 51.7. The van der Waals surface area contributed by atoms with Crippen LogP contribution >= 0.6 is 7.60 Å². The summed E-state index contributed by atoms with van der Waals surface area (Å²) in [5.41, 5.74) is -2.68. The Labute approximate surface area is 225 Å². The first-order valence-corrected chi connectivity index (χ1v) is 14.4. The van der Waals surface area contributed by atoms with Gasteiger partial charge in [-0.05, 0) is 32.9 Å². The lowest BCUT2D eigenvalue weighted by molar-refractivity contribution is 0.0697. The number of nitrogens with zero attached hydrogens (tertiary/aromatic N) is 1. The fourth-order valence-electron chi connectivity index (χ4n) is 4.45. The second kappa shape index (κ2) is 12.5. The van der Waals surface area contributed by atoms with E-state index in [0.29, 0.717) is 19.0 Å². The Bertz CT molecular complexity index is 1340. The first-order chi connectivity index (χ1) is 18.3. The Kier molecular flexibility index (Phi) is 9.82. The smallest absolute Gasteiger partial charge is 0.330 e. The molecular weight excluding hydrogens is 535 g/mol. The molecule has 1 atom stereocenters. The number of hydrogen-bond donors (Lipinski definition) is 3. The van der Waals surface area contributed by atoms with E-state index in [2.05, 4.69) is 10.6 Å². The summed E-state index contributed by atoms with van der Waals surface area (Å²) in [6.07, 6.45) is 1.81. The van der Waals surface area contributed by atoms with Crippen molar-refractivity contribution in [3.63, 3.8) is 0 Å². The number of Topliss-reactive ketones (excluding diaryl/α,β-unsaturated/α-hetero) is 1. The zero-order valence-corrected chi connectivity index (χ0v) is 23.3. The summed E-state index contributed by atoms with van der Waals surface area (Å²) in [7, 11) is -3.22. The molecule has 10 nitrogen and oxygen atoms in total. The number of amides is 1. The molecule has 39 heavy (non-hydrogen) atoms. The van der Waals surface area contributed by atoms with Crippen molar-refractivity contribution in [2.45, 2.75) is 53.2 Å². The Morgan fingerprint density at radius 3 is 2.49 bits per heavy atom. The number of carbonyl (C=O) groups is 2. The van der Waals surface area contributed by atoms with Gasteiger partial charge in [-0.2, -0.15) is 0 Å². The van der Waals surface area contributed by atoms with Crippen molar-refractivity contribution >= 4 is 19.3 Å². The van der Waals surface area contributed by atoms with Crippen LogP contribution in [0.4, 0.5) is 8.78 Å². The van der Waals surface area contributed by atoms with Crippen LogP contribution in [0.15, 0.2) is 29.2 Å². The molecule has 1 aromatic carbocycles. The van der Waals surface area contributed by atoms with E-state index in [0.717, 1.165) is 6.07 Å². The van der Waals surface area contributed by atoms with Crippen LogP contribution in [0.2, 0.25) is 0 Å². The third-order valence-electron chi connectivity index (χ3n) is 6.66. The van der Waals surface area contributed by atoms with Gasteiger partial charge in [-0.25, -0.2) is 8.78 Å². The predicted molar refractivity (Wildman–Crippen MR) is 140 cm³/mol. The highest BCUT2D eigenvalue weighted by atomic mass is 31.2. The van der Waals surface area contributed by atoms with Crippen molar-refractivity contribution in [1.82, 2.24) is 15.2 Å². The van der Waals surface area contributed by atoms with E-state index in [4.69, 9.17) is 9.05 Å². The van der Waals surface area contributed by atoms with Crippen LogP contribution < -0.4 is 16.1 Å². The largest absolute Gasteiger partial charge is 0.503 e. The molecule has 3 N–H and O–H groups in total. The van der Waals surface area contributed by atoms with E-state index in [-0.39, 0.29) is 43.7 Å². The number of aromatic nitrogens is 1. The Morgan fingerprint density at radius 1 is 1.21 bits per heavy atom. The van der Waals surface area contributed by atoms with Crippen LogP contribution in [-0.4, -0.2) is 53.3 Å². The molecule has 2 heterocycles. The van der Waals surface area contributed by atoms with Gasteiger partial charge in [-0.3, -0.25) is 18.9 Å². The van der Waals surface area contributed by atoms with Gasteiger partial charge < -0.3 is 29.4 Å². The predicted octanol–water partition coefficient (Wildman–Crippen LogP) is 3.60. The summed E-state index contributed by atoms with van der Waals surface area (Å²) in [4.78, 5) is 38.9. The van der Waals surface area contributed by atoms with Gasteiger partial charge >= 0.3 is 7.60 Å². The van der Waals surface area contributed by atoms with E-state index in [1.807, 2.05) is 0 Å². The van der Waals surface area contributed by atoms with Crippen molar-refractivity contribution < 1.29 is 37.1 Å². The van der Waals surface area contributed by atoms with Gasteiger partial charge in [0.2, 0.25) is 5.43 Å². The van der Waals surface area contributed by atoms with E-state index in [1.165, 1.54) is 16.8 Å². The quantitative estimate of drug-likeness (QED) is 0.261. The molecule has 214 valence electrons. The monoisotopic (exact) mass is 569 g/mol. The number of halogens is 2. The van der Waals surface area contributed by atoms with Crippen LogP contribution in [0.5, 0.6) is 5.75 Å². The van der Waals surface area contributed by atoms with Crippen LogP contribution in [0.1, 0.15) is 60.5 Å². The van der Waals surface area contributed by atoms with E-state index in [1.54, 1.807) is 27.7 Å². The molecule has 0 radical (unpaired) electrons. The maximum Gasteiger partial charge on any atom is 0.330 e. The van der Waals surface area contributed by atoms with Crippen molar-refractivity contribution in [3.8, 4) is 5.75 Å². The summed E-state index contributed by atoms with van der Waals surface area (Å²) >= 11 is 0. The van der Waals surface area contributed by atoms with E-state index < -0.39 is 59.1 Å². The van der Waals surface area contributed by atoms with Gasteiger partial charge in [-0.1, -0.05) is 19.9 Å². The highest BCUT2D eigenvalue weighted by molar-refractivity contribution is 7.53. The normalized spacial score (nSPS) is 16.7. The van der Waals surface area contributed by atoms with Crippen LogP contribution in [0, 0.1) is 17.0 Å². The van der Waals surface area contributed by atoms with E-state index in [9.17, 15) is 32.8 Å². The number of carbonyl (C=O) groups excluding carboxylic acids is 2. The van der Waals surface area contributed by atoms with Crippen LogP contribution in [-0.2, 0) is 26.7 Å². The van der Waals surface area contributed by atoms with Gasteiger partial charge in [0, 0.05) is 42.4 Å². The number of ketones is 1. The molecule has 0 bridgehead atoms. The second-order valence-electron chi connectivity index (χ2n) is 9.72. The minimum absolute atomic E-state index is 0.00597. The van der Waals surface area contributed by atoms with Gasteiger partial charge in [0.25, 0.3) is 5.91 Å². The lowest BCUT2D eigenvalue weighted by Crippen LogP contribution is -2.54. The fraction of sp³-hybridized carbons (Fsp3) is 0.500. The van der Waals surface area contributed by atoms with Crippen LogP contribution in [0.25, 0.3) is 0 Å². The number of hydrogen-bond acceptors (Lipinski definition) is 8. The number of rotatable bonds is 12. The molecule has 13 heteroatoms. The first-order valence-electron chi connectivity index (χ1n) is 12.7. The summed E-state index contributed by atoms with van der Waals surface area (Å²) in [5.74, 6) is -3.86. The van der Waals surface area contributed by atoms with Gasteiger partial charge in [0.05, 0.1) is 19.4 Å². The molecule has 0 fully saturated rings. The molecular formula is C26H34F2N3O7P. The average Bonchev–Trinajstić information content (AvgIpc) is 2.86. The molecule has 1 amide bonds. The standard InChI is InChI=1S/C26H34F2N3O7P/c1-5-37-39(36,38-6-2)11-7-10-29-20-15-31-14-18(22(32)23(33)21(31)24(34)26(20,3)4)25(35)30-13-16-8-9-17(27)12-19(16)28/h8-9,12,14,20,29,33H,5-7,10-11,13,15H2,1-4H3,(H,30,35). The number of nitrogens with one attached hydrogen (secondary N) is 2. The molecule has 0 spiro atoms. The van der Waals surface area contributed by atoms with E-state index >= 15 is 0 Å². The second-order valence-corrected chi connectivity index (χ2v) is 11.9. The Morgan fingerprint density at radius 2 is 1.87 bits per heavy atom. The van der Waals surface area contributed by atoms with Crippen molar-refractivity contribution in [3.05, 3.63) is 63.1 Å². The molecule has 3 rings (SSSR count). The summed E-state index contributed by atoms with van der Waals surface area (Å²) in [6.45, 7) is 7.53. The zero-order chi connectivity index (χ0) is 29.0. The lowest BCUT2D eigenvalue weighted by atomic mass is 9.75. The topological polar surface area (TPSA) is 136 Å². The lowest BCUT2D eigenvalue weighted by Gasteiger charge is -2.40. The Hall–Kier alpha value is -2.92. The molecule has 1 aromatic heterocycles. The molecule has 0 saturated carbocycles. The zero-order valence-electron chi connectivity index (χ0n) is 22.4. The minimum Gasteiger partial charge on any atom is -0.503 e. The van der Waals surface area contributed by atoms with Gasteiger partial charge in [-0.15, -0.1) is 0 Å². The molecule has 0 aliphatic carbocycles. The Balaban J connectivity index is 1.77. The maximum atomic E-state index is 13.9. The third kappa shape index (κ3) is 6.81. The first kappa shape index (κ1) is 30.6. The number of benzene rings is 1. The molecule has 1 aliphatic heterocycles. The third-order valence-corrected chi connectivity index (χ3v) is 8.82. The average molecular weight is 570 g/mol. The molecule has 0 saturated heterocycles. The highest BCUT2D eigenvalue weighted by Gasteiger charge is 2.44. The summed E-state index contributed by atoms with van der Waals surface area (Å²) in [5, 5.41) is 16.3.